The van der Waals surface area contributed by atoms with Gasteiger partial charge >= 0.3 is 0 Å². The molecule has 1 heterocycles. The van der Waals surface area contributed by atoms with Crippen LogP contribution in [0.25, 0.3) is 0 Å². The molecule has 1 N–H and O–H groups in total. The van der Waals surface area contributed by atoms with Gasteiger partial charge in [0, 0.05) is 45.5 Å². The second-order valence-corrected chi connectivity index (χ2v) is 7.10. The standard InChI is InChI=1S/C21H26F2N4/c1-26(2)21(24-13-16-6-4-3-5-7-16)25-14-17-10-11-27(15-17)18-8-9-19(22)20(23)12-18/h3-9,12,17H,10-11,13-15H2,1-2H3,(H,24,25). The first kappa shape index (κ1) is 19.1. The lowest BCUT2D eigenvalue weighted by molar-refractivity contribution is 0.508. The second kappa shape index (κ2) is 8.84. The summed E-state index contributed by atoms with van der Waals surface area (Å²) in [5, 5.41) is 3.44. The van der Waals surface area contributed by atoms with Crippen LogP contribution in [0, 0.1) is 17.6 Å². The molecule has 2 aromatic carbocycles. The Morgan fingerprint density at radius 2 is 1.93 bits per heavy atom. The molecule has 1 fully saturated rings. The van der Waals surface area contributed by atoms with E-state index in [1.165, 1.54) is 17.7 Å². The maximum absolute atomic E-state index is 13.5. The lowest BCUT2D eigenvalue weighted by Gasteiger charge is -2.21. The molecule has 0 bridgehead atoms. The summed E-state index contributed by atoms with van der Waals surface area (Å²) >= 11 is 0. The number of halogens is 2. The molecule has 0 amide bonds. The highest BCUT2D eigenvalue weighted by molar-refractivity contribution is 5.79. The molecule has 2 aromatic rings. The molecule has 0 spiro atoms. The summed E-state index contributed by atoms with van der Waals surface area (Å²) in [5.74, 6) is -0.316. The Labute approximate surface area is 159 Å². The monoisotopic (exact) mass is 372 g/mol. The third-order valence-electron chi connectivity index (χ3n) is 4.78. The number of guanidine groups is 1. The van der Waals surface area contributed by atoms with Crippen LogP contribution in [0.3, 0.4) is 0 Å². The van der Waals surface area contributed by atoms with E-state index in [9.17, 15) is 8.78 Å². The normalized spacial score (nSPS) is 17.3. The lowest BCUT2D eigenvalue weighted by Crippen LogP contribution is -2.39. The van der Waals surface area contributed by atoms with Crippen LogP contribution in [0.15, 0.2) is 53.5 Å². The summed E-state index contributed by atoms with van der Waals surface area (Å²) < 4.78 is 26.6. The molecule has 1 saturated heterocycles. The van der Waals surface area contributed by atoms with Crippen molar-refractivity contribution in [1.29, 1.82) is 0 Å². The van der Waals surface area contributed by atoms with Gasteiger partial charge in [0.2, 0.25) is 0 Å². The molecule has 0 radical (unpaired) electrons. The Morgan fingerprint density at radius 3 is 2.63 bits per heavy atom. The van der Waals surface area contributed by atoms with E-state index in [-0.39, 0.29) is 0 Å². The van der Waals surface area contributed by atoms with Crippen LogP contribution >= 0.6 is 0 Å². The quantitative estimate of drug-likeness (QED) is 0.644. The number of aliphatic imine (C=N–C) groups is 1. The largest absolute Gasteiger partial charge is 0.371 e. The zero-order chi connectivity index (χ0) is 19.2. The molecule has 0 aliphatic carbocycles. The zero-order valence-corrected chi connectivity index (χ0v) is 15.8. The van der Waals surface area contributed by atoms with E-state index in [0.717, 1.165) is 37.7 Å². The van der Waals surface area contributed by atoms with Crippen molar-refractivity contribution in [2.45, 2.75) is 13.0 Å². The Hall–Kier alpha value is -2.63. The molecule has 1 atom stereocenters. The van der Waals surface area contributed by atoms with Crippen molar-refractivity contribution >= 4 is 11.6 Å². The number of rotatable bonds is 5. The van der Waals surface area contributed by atoms with Gasteiger partial charge in [0.05, 0.1) is 6.54 Å². The van der Waals surface area contributed by atoms with E-state index in [4.69, 9.17) is 0 Å². The SMILES string of the molecule is CN(C)C(=NCc1ccccc1)NCC1CCN(c2ccc(F)c(F)c2)C1. The van der Waals surface area contributed by atoms with E-state index >= 15 is 0 Å². The molecule has 4 nitrogen and oxygen atoms in total. The Kier molecular flexibility index (Phi) is 6.27. The third kappa shape index (κ3) is 5.18. The molecule has 0 aromatic heterocycles. The highest BCUT2D eigenvalue weighted by atomic mass is 19.2. The number of hydrogen-bond donors (Lipinski definition) is 1. The molecule has 27 heavy (non-hydrogen) atoms. The van der Waals surface area contributed by atoms with E-state index in [1.807, 2.05) is 37.2 Å². The van der Waals surface area contributed by atoms with Crippen molar-refractivity contribution < 1.29 is 8.78 Å². The summed E-state index contributed by atoms with van der Waals surface area (Å²) in [6.07, 6.45) is 1.01. The maximum atomic E-state index is 13.5. The van der Waals surface area contributed by atoms with E-state index in [0.29, 0.717) is 12.5 Å². The summed E-state index contributed by atoms with van der Waals surface area (Å²) in [5.41, 5.74) is 1.91. The van der Waals surface area contributed by atoms with Gasteiger partial charge < -0.3 is 15.1 Å². The third-order valence-corrected chi connectivity index (χ3v) is 4.78. The molecular formula is C21H26F2N4. The van der Waals surface area contributed by atoms with Crippen LogP contribution in [0.1, 0.15) is 12.0 Å². The summed E-state index contributed by atoms with van der Waals surface area (Å²) in [7, 11) is 3.94. The highest BCUT2D eigenvalue weighted by Gasteiger charge is 2.23. The molecule has 1 aliphatic heterocycles. The van der Waals surface area contributed by atoms with Gasteiger partial charge in [-0.3, -0.25) is 0 Å². The Bertz CT molecular complexity index is 777. The summed E-state index contributed by atoms with van der Waals surface area (Å²) in [6.45, 7) is 3.09. The van der Waals surface area contributed by atoms with Crippen LogP contribution < -0.4 is 10.2 Å². The van der Waals surface area contributed by atoms with Crippen LogP contribution in [-0.2, 0) is 6.54 Å². The molecular weight excluding hydrogens is 346 g/mol. The molecule has 6 heteroatoms. The lowest BCUT2D eigenvalue weighted by atomic mass is 10.1. The first-order chi connectivity index (χ1) is 13.0. The minimum absolute atomic E-state index is 0.431. The van der Waals surface area contributed by atoms with E-state index < -0.39 is 11.6 Å². The predicted octanol–water partition coefficient (Wildman–Crippen LogP) is 3.50. The van der Waals surface area contributed by atoms with E-state index in [2.05, 4.69) is 27.3 Å². The fourth-order valence-electron chi connectivity index (χ4n) is 3.26. The Morgan fingerprint density at radius 1 is 1.15 bits per heavy atom. The molecule has 144 valence electrons. The van der Waals surface area contributed by atoms with Crippen molar-refractivity contribution in [3.05, 3.63) is 65.7 Å². The van der Waals surface area contributed by atoms with Crippen LogP contribution in [0.5, 0.6) is 0 Å². The van der Waals surface area contributed by atoms with Gasteiger partial charge in [0.1, 0.15) is 0 Å². The van der Waals surface area contributed by atoms with Crippen molar-refractivity contribution in [2.24, 2.45) is 10.9 Å². The highest BCUT2D eigenvalue weighted by Crippen LogP contribution is 2.25. The van der Waals surface area contributed by atoms with Crippen LogP contribution in [0.2, 0.25) is 0 Å². The first-order valence-electron chi connectivity index (χ1n) is 9.22. The van der Waals surface area contributed by atoms with Crippen molar-refractivity contribution in [3.63, 3.8) is 0 Å². The summed E-state index contributed by atoms with van der Waals surface area (Å²) in [4.78, 5) is 8.76. The molecule has 1 unspecified atom stereocenters. The minimum atomic E-state index is -0.804. The second-order valence-electron chi connectivity index (χ2n) is 7.10. The van der Waals surface area contributed by atoms with Crippen molar-refractivity contribution in [2.75, 3.05) is 38.6 Å². The maximum Gasteiger partial charge on any atom is 0.193 e. The number of hydrogen-bond acceptors (Lipinski definition) is 2. The number of nitrogens with one attached hydrogen (secondary N) is 1. The topological polar surface area (TPSA) is 30.9 Å². The van der Waals surface area contributed by atoms with Crippen molar-refractivity contribution in [1.82, 2.24) is 10.2 Å². The fraction of sp³-hybridized carbons (Fsp3) is 0.381. The van der Waals surface area contributed by atoms with Gasteiger partial charge in [-0.15, -0.1) is 0 Å². The van der Waals surface area contributed by atoms with Gasteiger partial charge in [-0.25, -0.2) is 13.8 Å². The summed E-state index contributed by atoms with van der Waals surface area (Å²) in [6, 6.07) is 14.3. The smallest absolute Gasteiger partial charge is 0.193 e. The van der Waals surface area contributed by atoms with Gasteiger partial charge in [-0.05, 0) is 30.0 Å². The zero-order valence-electron chi connectivity index (χ0n) is 15.8. The number of benzene rings is 2. The number of nitrogens with zero attached hydrogens (tertiary/aromatic N) is 3. The van der Waals surface area contributed by atoms with Crippen molar-refractivity contribution in [3.8, 4) is 0 Å². The predicted molar refractivity (Wildman–Crippen MR) is 106 cm³/mol. The number of anilines is 1. The van der Waals surface area contributed by atoms with Gasteiger partial charge in [-0.1, -0.05) is 30.3 Å². The molecule has 3 rings (SSSR count). The molecule has 0 saturated carbocycles. The van der Waals surface area contributed by atoms with E-state index in [1.54, 1.807) is 6.07 Å². The average Bonchev–Trinajstić information content (AvgIpc) is 3.13. The molecule has 1 aliphatic rings. The fourth-order valence-corrected chi connectivity index (χ4v) is 3.26. The van der Waals surface area contributed by atoms with Crippen LogP contribution in [0.4, 0.5) is 14.5 Å². The van der Waals surface area contributed by atoms with Crippen LogP contribution in [-0.4, -0.2) is 44.6 Å². The van der Waals surface area contributed by atoms with Gasteiger partial charge in [-0.2, -0.15) is 0 Å². The van der Waals surface area contributed by atoms with Gasteiger partial charge in [0.15, 0.2) is 17.6 Å². The minimum Gasteiger partial charge on any atom is -0.371 e. The Balaban J connectivity index is 1.54. The average molecular weight is 372 g/mol. The first-order valence-corrected chi connectivity index (χ1v) is 9.22. The van der Waals surface area contributed by atoms with Gasteiger partial charge in [0.25, 0.3) is 0 Å².